The predicted octanol–water partition coefficient (Wildman–Crippen LogP) is 2.94. The number of aliphatic hydroxyl groups is 1. The highest BCUT2D eigenvalue weighted by molar-refractivity contribution is 5.38. The first-order chi connectivity index (χ1) is 6.72. The molecule has 4 heteroatoms. The van der Waals surface area contributed by atoms with Gasteiger partial charge in [-0.2, -0.15) is 0 Å². The molecule has 1 aromatic carbocycles. The van der Waals surface area contributed by atoms with Crippen LogP contribution in [0.25, 0.3) is 10.4 Å². The molecule has 1 N–H and O–H groups in total. The van der Waals surface area contributed by atoms with Gasteiger partial charge < -0.3 is 5.11 Å². The Bertz CT molecular complexity index is 326. The van der Waals surface area contributed by atoms with Crippen molar-refractivity contribution in [1.29, 1.82) is 0 Å². The van der Waals surface area contributed by atoms with E-state index in [-0.39, 0.29) is 6.10 Å². The van der Waals surface area contributed by atoms with Gasteiger partial charge in [-0.25, -0.2) is 0 Å². The molecule has 4 nitrogen and oxygen atoms in total. The van der Waals surface area contributed by atoms with Crippen LogP contribution < -0.4 is 0 Å². The van der Waals surface area contributed by atoms with Gasteiger partial charge in [-0.05, 0) is 30.9 Å². The SMILES string of the molecule is CC(O)CCc1ccc(N=[N+]=[N-])cc1. The average molecular weight is 191 g/mol. The fourth-order valence-electron chi connectivity index (χ4n) is 1.16. The Labute approximate surface area is 82.8 Å². The highest BCUT2D eigenvalue weighted by Gasteiger charge is 1.97. The topological polar surface area (TPSA) is 69.0 Å². The lowest BCUT2D eigenvalue weighted by Gasteiger charge is -2.03. The zero-order chi connectivity index (χ0) is 10.4. The summed E-state index contributed by atoms with van der Waals surface area (Å²) in [5.41, 5.74) is 9.95. The molecule has 0 radical (unpaired) electrons. The molecule has 0 bridgehead atoms. The van der Waals surface area contributed by atoms with Crippen LogP contribution in [-0.2, 0) is 6.42 Å². The van der Waals surface area contributed by atoms with Crippen molar-refractivity contribution in [2.24, 2.45) is 5.11 Å². The molecule has 0 saturated heterocycles. The normalized spacial score (nSPS) is 11.9. The van der Waals surface area contributed by atoms with Gasteiger partial charge in [-0.1, -0.05) is 29.4 Å². The Morgan fingerprint density at radius 1 is 1.43 bits per heavy atom. The smallest absolute Gasteiger partial charge is 0.0515 e. The molecule has 1 rings (SSSR count). The quantitative estimate of drug-likeness (QED) is 0.443. The van der Waals surface area contributed by atoms with Crippen molar-refractivity contribution in [2.75, 3.05) is 0 Å². The van der Waals surface area contributed by atoms with Gasteiger partial charge in [0.05, 0.1) is 6.10 Å². The van der Waals surface area contributed by atoms with Gasteiger partial charge in [-0.3, -0.25) is 0 Å². The van der Waals surface area contributed by atoms with Gasteiger partial charge >= 0.3 is 0 Å². The minimum atomic E-state index is -0.271. The molecule has 0 saturated carbocycles. The zero-order valence-electron chi connectivity index (χ0n) is 8.09. The number of azide groups is 1. The molecule has 1 unspecified atom stereocenters. The van der Waals surface area contributed by atoms with Crippen molar-refractivity contribution < 1.29 is 5.11 Å². The summed E-state index contributed by atoms with van der Waals surface area (Å²) < 4.78 is 0. The summed E-state index contributed by atoms with van der Waals surface area (Å²) in [7, 11) is 0. The number of aliphatic hydroxyl groups excluding tert-OH is 1. The summed E-state index contributed by atoms with van der Waals surface area (Å²) in [6.07, 6.45) is 1.32. The molecular weight excluding hydrogens is 178 g/mol. The van der Waals surface area contributed by atoms with Crippen molar-refractivity contribution in [3.05, 3.63) is 40.3 Å². The van der Waals surface area contributed by atoms with Crippen LogP contribution in [0.1, 0.15) is 18.9 Å². The monoisotopic (exact) mass is 191 g/mol. The Hall–Kier alpha value is -1.51. The first-order valence-electron chi connectivity index (χ1n) is 4.54. The summed E-state index contributed by atoms with van der Waals surface area (Å²) in [5.74, 6) is 0. The van der Waals surface area contributed by atoms with Crippen LogP contribution in [0.2, 0.25) is 0 Å². The number of nitrogens with zero attached hydrogens (tertiary/aromatic N) is 3. The van der Waals surface area contributed by atoms with E-state index in [1.165, 1.54) is 0 Å². The number of aryl methyl sites for hydroxylation is 1. The van der Waals surface area contributed by atoms with E-state index < -0.39 is 0 Å². The standard InChI is InChI=1S/C10H13N3O/c1-8(14)2-3-9-4-6-10(7-5-9)12-13-11/h4-8,14H,2-3H2,1H3. The summed E-state index contributed by atoms with van der Waals surface area (Å²) in [6, 6.07) is 7.37. The lowest BCUT2D eigenvalue weighted by molar-refractivity contribution is 0.185. The van der Waals surface area contributed by atoms with Crippen LogP contribution in [0.5, 0.6) is 0 Å². The lowest BCUT2D eigenvalue weighted by Crippen LogP contribution is -2.00. The first kappa shape index (κ1) is 10.6. The van der Waals surface area contributed by atoms with E-state index in [2.05, 4.69) is 10.0 Å². The Kier molecular flexibility index (Phi) is 3.98. The third-order valence-corrected chi connectivity index (χ3v) is 1.95. The van der Waals surface area contributed by atoms with Gasteiger partial charge in [0.1, 0.15) is 0 Å². The van der Waals surface area contributed by atoms with E-state index in [0.717, 1.165) is 18.4 Å². The van der Waals surface area contributed by atoms with Crippen LogP contribution in [0, 0.1) is 0 Å². The van der Waals surface area contributed by atoms with Crippen LogP contribution >= 0.6 is 0 Å². The van der Waals surface area contributed by atoms with E-state index in [1.807, 2.05) is 12.1 Å². The molecule has 0 aliphatic rings. The Balaban J connectivity index is 2.59. The molecule has 0 fully saturated rings. The maximum atomic E-state index is 9.09. The highest BCUT2D eigenvalue weighted by atomic mass is 16.3. The minimum absolute atomic E-state index is 0.271. The number of hydrogen-bond acceptors (Lipinski definition) is 2. The summed E-state index contributed by atoms with van der Waals surface area (Å²) in [5, 5.41) is 12.6. The third kappa shape index (κ3) is 3.47. The second kappa shape index (κ2) is 5.27. The van der Waals surface area contributed by atoms with E-state index in [4.69, 9.17) is 10.6 Å². The van der Waals surface area contributed by atoms with E-state index in [9.17, 15) is 0 Å². The van der Waals surface area contributed by atoms with Gasteiger partial charge in [0.25, 0.3) is 0 Å². The number of benzene rings is 1. The fraction of sp³-hybridized carbons (Fsp3) is 0.400. The summed E-state index contributed by atoms with van der Waals surface area (Å²) in [6.45, 7) is 1.77. The molecule has 1 aromatic rings. The maximum absolute atomic E-state index is 9.09. The molecule has 14 heavy (non-hydrogen) atoms. The number of rotatable bonds is 4. The van der Waals surface area contributed by atoms with Crippen molar-refractivity contribution in [1.82, 2.24) is 0 Å². The van der Waals surface area contributed by atoms with E-state index >= 15 is 0 Å². The molecule has 0 aromatic heterocycles. The molecule has 0 heterocycles. The maximum Gasteiger partial charge on any atom is 0.0515 e. The molecular formula is C10H13N3O. The van der Waals surface area contributed by atoms with Crippen LogP contribution in [0.15, 0.2) is 29.4 Å². The second-order valence-electron chi connectivity index (χ2n) is 3.24. The first-order valence-corrected chi connectivity index (χ1v) is 4.54. The van der Waals surface area contributed by atoms with Crippen molar-refractivity contribution in [3.63, 3.8) is 0 Å². The zero-order valence-corrected chi connectivity index (χ0v) is 8.09. The molecule has 74 valence electrons. The molecule has 0 amide bonds. The largest absolute Gasteiger partial charge is 0.393 e. The summed E-state index contributed by atoms with van der Waals surface area (Å²) in [4.78, 5) is 2.69. The second-order valence-corrected chi connectivity index (χ2v) is 3.24. The highest BCUT2D eigenvalue weighted by Crippen LogP contribution is 2.14. The van der Waals surface area contributed by atoms with E-state index in [1.54, 1.807) is 19.1 Å². The average Bonchev–Trinajstić information content (AvgIpc) is 2.17. The van der Waals surface area contributed by atoms with Gasteiger partial charge in [-0.15, -0.1) is 0 Å². The number of hydrogen-bond donors (Lipinski definition) is 1. The Morgan fingerprint density at radius 3 is 2.57 bits per heavy atom. The van der Waals surface area contributed by atoms with Crippen LogP contribution in [0.4, 0.5) is 5.69 Å². The fourth-order valence-corrected chi connectivity index (χ4v) is 1.16. The van der Waals surface area contributed by atoms with Crippen molar-refractivity contribution in [3.8, 4) is 0 Å². The molecule has 0 spiro atoms. The molecule has 0 aliphatic heterocycles. The van der Waals surface area contributed by atoms with Gasteiger partial charge in [0.2, 0.25) is 0 Å². The van der Waals surface area contributed by atoms with Crippen LogP contribution in [0.3, 0.4) is 0 Å². The van der Waals surface area contributed by atoms with Crippen molar-refractivity contribution in [2.45, 2.75) is 25.9 Å². The van der Waals surface area contributed by atoms with Gasteiger partial charge in [0, 0.05) is 10.6 Å². The minimum Gasteiger partial charge on any atom is -0.393 e. The van der Waals surface area contributed by atoms with Crippen LogP contribution in [-0.4, -0.2) is 11.2 Å². The third-order valence-electron chi connectivity index (χ3n) is 1.95. The predicted molar refractivity (Wildman–Crippen MR) is 55.2 cm³/mol. The summed E-state index contributed by atoms with van der Waals surface area (Å²) >= 11 is 0. The van der Waals surface area contributed by atoms with Crippen molar-refractivity contribution >= 4 is 5.69 Å². The van der Waals surface area contributed by atoms with Gasteiger partial charge in [0.15, 0.2) is 0 Å². The molecule has 0 aliphatic carbocycles. The van der Waals surface area contributed by atoms with E-state index in [0.29, 0.717) is 5.69 Å². The molecule has 1 atom stereocenters. The Morgan fingerprint density at radius 2 is 2.07 bits per heavy atom. The lowest BCUT2D eigenvalue weighted by atomic mass is 10.1.